The maximum absolute atomic E-state index is 8.64. The van der Waals surface area contributed by atoms with Gasteiger partial charge in [0.25, 0.3) is 0 Å². The van der Waals surface area contributed by atoms with Crippen LogP contribution in [-0.2, 0) is 0 Å². The first-order valence-corrected chi connectivity index (χ1v) is 2.44. The van der Waals surface area contributed by atoms with Crippen LogP contribution >= 0.6 is 0 Å². The van der Waals surface area contributed by atoms with E-state index in [1.165, 1.54) is 0 Å². The minimum absolute atomic E-state index is 0.597. The van der Waals surface area contributed by atoms with E-state index in [2.05, 4.69) is 0 Å². The molecular weight excluding hydrogens is 126 g/mol. The highest BCUT2D eigenvalue weighted by atomic mass is 16.5. The molecule has 5 heteroatoms. The van der Waals surface area contributed by atoms with Crippen molar-refractivity contribution in [2.24, 2.45) is 0 Å². The molecule has 0 unspecified atom stereocenters. The number of aliphatic hydroxyl groups is 4. The molecule has 0 aromatic heterocycles. The van der Waals surface area contributed by atoms with Crippen molar-refractivity contribution in [1.82, 2.24) is 4.90 Å². The van der Waals surface area contributed by atoms with Crippen LogP contribution in [0.2, 0.25) is 0 Å². The lowest BCUT2D eigenvalue weighted by molar-refractivity contribution is -0.280. The molecule has 0 aliphatic heterocycles. The summed E-state index contributed by atoms with van der Waals surface area (Å²) in [6, 6.07) is 0. The summed E-state index contributed by atoms with van der Waals surface area (Å²) in [5, 5.41) is 33.9. The largest absolute Gasteiger partial charge is 0.381 e. The predicted molar refractivity (Wildman–Crippen MR) is 28.9 cm³/mol. The van der Waals surface area contributed by atoms with E-state index >= 15 is 0 Å². The molecule has 0 rings (SSSR count). The maximum atomic E-state index is 8.64. The highest BCUT2D eigenvalue weighted by Gasteiger charge is 2.23. The topological polar surface area (TPSA) is 84.2 Å². The first-order valence-electron chi connectivity index (χ1n) is 2.44. The van der Waals surface area contributed by atoms with Gasteiger partial charge >= 0.3 is 0 Å². The van der Waals surface area contributed by atoms with Gasteiger partial charge in [-0.15, -0.1) is 0 Å². The van der Waals surface area contributed by atoms with E-state index in [0.29, 0.717) is 4.90 Å². The standard InChI is InChI=1S/C4H11NO4/c1-4(8,9)5(2-6)3-7/h6-9H,2-3H2,1H3. The summed E-state index contributed by atoms with van der Waals surface area (Å²) >= 11 is 0. The molecule has 0 spiro atoms. The summed E-state index contributed by atoms with van der Waals surface area (Å²) in [5.41, 5.74) is 0. The average molecular weight is 137 g/mol. The van der Waals surface area contributed by atoms with E-state index < -0.39 is 19.4 Å². The molecule has 0 aromatic carbocycles. The molecule has 0 amide bonds. The van der Waals surface area contributed by atoms with Crippen LogP contribution in [0, 0.1) is 0 Å². The smallest absolute Gasteiger partial charge is 0.225 e. The normalized spacial score (nSPS) is 12.7. The van der Waals surface area contributed by atoms with Crippen LogP contribution in [0.25, 0.3) is 0 Å². The second-order valence-electron chi connectivity index (χ2n) is 1.79. The number of hydrogen-bond donors (Lipinski definition) is 4. The Hall–Kier alpha value is -0.200. The van der Waals surface area contributed by atoms with Gasteiger partial charge in [0.15, 0.2) is 0 Å². The Kier molecular flexibility index (Phi) is 3.02. The zero-order valence-corrected chi connectivity index (χ0v) is 5.15. The lowest BCUT2D eigenvalue weighted by Gasteiger charge is -2.27. The Labute approximate surface area is 52.8 Å². The molecule has 5 nitrogen and oxygen atoms in total. The zero-order chi connectivity index (χ0) is 7.49. The van der Waals surface area contributed by atoms with Crippen molar-refractivity contribution in [2.45, 2.75) is 12.8 Å². The first-order chi connectivity index (χ1) is 4.02. The molecule has 0 bridgehead atoms. The van der Waals surface area contributed by atoms with Crippen LogP contribution in [0.5, 0.6) is 0 Å². The second kappa shape index (κ2) is 3.09. The van der Waals surface area contributed by atoms with E-state index in [9.17, 15) is 0 Å². The Morgan fingerprint density at radius 2 is 1.56 bits per heavy atom. The van der Waals surface area contributed by atoms with Gasteiger partial charge in [-0.1, -0.05) is 0 Å². The van der Waals surface area contributed by atoms with Crippen molar-refractivity contribution >= 4 is 0 Å². The summed E-state index contributed by atoms with van der Waals surface area (Å²) in [6.45, 7) is -0.153. The fraction of sp³-hybridized carbons (Fsp3) is 1.00. The average Bonchev–Trinajstić information content (AvgIpc) is 1.65. The molecule has 0 atom stereocenters. The Bertz CT molecular complexity index is 75.1. The van der Waals surface area contributed by atoms with E-state index in [1.807, 2.05) is 0 Å². The van der Waals surface area contributed by atoms with Gasteiger partial charge in [0.2, 0.25) is 5.91 Å². The van der Waals surface area contributed by atoms with Crippen LogP contribution in [-0.4, -0.2) is 44.7 Å². The number of hydrogen-bond acceptors (Lipinski definition) is 5. The fourth-order valence-corrected chi connectivity index (χ4v) is 0.313. The van der Waals surface area contributed by atoms with E-state index in [4.69, 9.17) is 20.4 Å². The van der Waals surface area contributed by atoms with Crippen molar-refractivity contribution in [1.29, 1.82) is 0 Å². The summed E-state index contributed by atoms with van der Waals surface area (Å²) in [5.74, 6) is -2.15. The van der Waals surface area contributed by atoms with Gasteiger partial charge in [-0.05, 0) is 0 Å². The fourth-order valence-electron chi connectivity index (χ4n) is 0.313. The molecule has 0 aliphatic carbocycles. The molecular formula is C4H11NO4. The first kappa shape index (κ1) is 8.80. The van der Waals surface area contributed by atoms with Crippen molar-refractivity contribution in [3.63, 3.8) is 0 Å². The maximum Gasteiger partial charge on any atom is 0.225 e. The second-order valence-corrected chi connectivity index (χ2v) is 1.79. The molecule has 0 aromatic rings. The van der Waals surface area contributed by atoms with E-state index in [-0.39, 0.29) is 0 Å². The third kappa shape index (κ3) is 2.73. The van der Waals surface area contributed by atoms with Crippen LogP contribution in [0.1, 0.15) is 6.92 Å². The number of nitrogens with zero attached hydrogens (tertiary/aromatic N) is 1. The van der Waals surface area contributed by atoms with Gasteiger partial charge in [-0.25, -0.2) is 4.90 Å². The molecule has 0 heterocycles. The lowest BCUT2D eigenvalue weighted by Crippen LogP contribution is -2.47. The Morgan fingerprint density at radius 1 is 1.22 bits per heavy atom. The van der Waals surface area contributed by atoms with Crippen LogP contribution in [0.15, 0.2) is 0 Å². The van der Waals surface area contributed by atoms with Crippen LogP contribution in [0.4, 0.5) is 0 Å². The SMILES string of the molecule is CC(O)(O)N(CO)CO. The zero-order valence-electron chi connectivity index (χ0n) is 5.15. The van der Waals surface area contributed by atoms with Crippen molar-refractivity contribution in [3.8, 4) is 0 Å². The minimum atomic E-state index is -2.15. The third-order valence-corrected chi connectivity index (χ3v) is 0.940. The number of rotatable bonds is 3. The van der Waals surface area contributed by atoms with E-state index in [1.54, 1.807) is 0 Å². The van der Waals surface area contributed by atoms with Gasteiger partial charge in [0, 0.05) is 6.92 Å². The molecule has 0 saturated heterocycles. The predicted octanol–water partition coefficient (Wildman–Crippen LogP) is -2.15. The molecule has 56 valence electrons. The number of aliphatic hydroxyl groups excluding tert-OH is 2. The van der Waals surface area contributed by atoms with Crippen LogP contribution < -0.4 is 0 Å². The minimum Gasteiger partial charge on any atom is -0.381 e. The van der Waals surface area contributed by atoms with Crippen LogP contribution in [0.3, 0.4) is 0 Å². The Morgan fingerprint density at radius 3 is 1.56 bits per heavy atom. The molecule has 0 radical (unpaired) electrons. The molecule has 0 aliphatic rings. The Balaban J connectivity index is 3.79. The molecule has 9 heavy (non-hydrogen) atoms. The molecule has 0 fully saturated rings. The summed E-state index contributed by atoms with van der Waals surface area (Å²) in [7, 11) is 0. The summed E-state index contributed by atoms with van der Waals surface area (Å²) < 4.78 is 0. The van der Waals surface area contributed by atoms with Gasteiger partial charge in [0.1, 0.15) is 13.5 Å². The molecule has 4 N–H and O–H groups in total. The monoisotopic (exact) mass is 137 g/mol. The molecule has 0 saturated carbocycles. The van der Waals surface area contributed by atoms with Gasteiger partial charge in [-0.2, -0.15) is 0 Å². The van der Waals surface area contributed by atoms with E-state index in [0.717, 1.165) is 6.92 Å². The summed E-state index contributed by atoms with van der Waals surface area (Å²) in [6.07, 6.45) is 0. The summed E-state index contributed by atoms with van der Waals surface area (Å²) in [4.78, 5) is 0.660. The lowest BCUT2D eigenvalue weighted by atomic mass is 10.5. The highest BCUT2D eigenvalue weighted by molar-refractivity contribution is 4.52. The van der Waals surface area contributed by atoms with Gasteiger partial charge in [0.05, 0.1) is 0 Å². The van der Waals surface area contributed by atoms with Gasteiger partial charge < -0.3 is 20.4 Å². The highest BCUT2D eigenvalue weighted by Crippen LogP contribution is 2.02. The quantitative estimate of drug-likeness (QED) is 0.333. The van der Waals surface area contributed by atoms with Crippen molar-refractivity contribution in [3.05, 3.63) is 0 Å². The van der Waals surface area contributed by atoms with Crippen molar-refractivity contribution in [2.75, 3.05) is 13.5 Å². The van der Waals surface area contributed by atoms with Crippen molar-refractivity contribution < 1.29 is 20.4 Å². The van der Waals surface area contributed by atoms with Gasteiger partial charge in [-0.3, -0.25) is 0 Å². The third-order valence-electron chi connectivity index (χ3n) is 0.940.